The number of fused-ring (bicyclic) bond motifs is 7. The number of hydrogen-bond acceptors (Lipinski definition) is 8. The van der Waals surface area contributed by atoms with Crippen LogP contribution in [0.25, 0.3) is 0 Å². The minimum Gasteiger partial charge on any atom is -0.504 e. The van der Waals surface area contributed by atoms with Crippen LogP contribution >= 0.6 is 0 Å². The average Bonchev–Trinajstić information content (AvgIpc) is 2.97. The van der Waals surface area contributed by atoms with Gasteiger partial charge in [-0.1, -0.05) is 53.2 Å². The lowest BCUT2D eigenvalue weighted by atomic mass is 9.33. The SMILES string of the molecule is CC1(C)CC[C@]2(C(=O)O)CC[C@]3(C)C(=CC[C@@H]4[C@@]5(C)C[C@@H](O)[C@H](O)[C@@](C)(COC(=O)c6cc(O)c(O)c(O)c6)[C@@H]5CC[C@]43C)[C@@H]2C1. The second kappa shape index (κ2) is 10.4. The summed E-state index contributed by atoms with van der Waals surface area (Å²) in [7, 11) is 0. The predicted molar refractivity (Wildman–Crippen MR) is 170 cm³/mol. The molecule has 10 atom stereocenters. The maximum absolute atomic E-state index is 13.1. The molecular weight excluding hydrogens is 588 g/mol. The van der Waals surface area contributed by atoms with Crippen molar-refractivity contribution < 1.29 is 45.0 Å². The molecule has 1 aromatic rings. The molecule has 254 valence electrons. The molecule has 0 saturated heterocycles. The fourth-order valence-electron chi connectivity index (χ4n) is 11.8. The van der Waals surface area contributed by atoms with Crippen LogP contribution in [0, 0.1) is 50.2 Å². The van der Waals surface area contributed by atoms with Crippen LogP contribution in [0.4, 0.5) is 0 Å². The van der Waals surface area contributed by atoms with Crippen LogP contribution < -0.4 is 0 Å². The van der Waals surface area contributed by atoms with Crippen LogP contribution in [0.15, 0.2) is 23.8 Å². The van der Waals surface area contributed by atoms with Gasteiger partial charge in [-0.3, -0.25) is 4.79 Å². The second-order valence-electron chi connectivity index (χ2n) is 17.3. The van der Waals surface area contributed by atoms with Crippen molar-refractivity contribution in [3.63, 3.8) is 0 Å². The summed E-state index contributed by atoms with van der Waals surface area (Å²) in [5.41, 5.74) is -1.20. The van der Waals surface area contributed by atoms with E-state index in [0.29, 0.717) is 19.3 Å². The van der Waals surface area contributed by atoms with Crippen LogP contribution in [0.5, 0.6) is 17.2 Å². The molecule has 0 amide bonds. The first-order valence-electron chi connectivity index (χ1n) is 17.0. The molecule has 4 fully saturated rings. The van der Waals surface area contributed by atoms with Gasteiger partial charge in [0.05, 0.1) is 29.8 Å². The van der Waals surface area contributed by atoms with E-state index in [1.165, 1.54) is 5.57 Å². The lowest BCUT2D eigenvalue weighted by molar-refractivity contribution is -0.243. The zero-order chi connectivity index (χ0) is 33.8. The van der Waals surface area contributed by atoms with Crippen LogP contribution in [0.1, 0.15) is 110 Å². The van der Waals surface area contributed by atoms with Crippen molar-refractivity contribution in [2.24, 2.45) is 50.2 Å². The van der Waals surface area contributed by atoms with Crippen molar-refractivity contribution in [1.29, 1.82) is 0 Å². The van der Waals surface area contributed by atoms with E-state index in [2.05, 4.69) is 40.7 Å². The molecule has 0 aliphatic heterocycles. The number of carbonyl (C=O) groups is 2. The Hall–Kier alpha value is -2.78. The van der Waals surface area contributed by atoms with Crippen molar-refractivity contribution in [3.05, 3.63) is 29.3 Å². The van der Waals surface area contributed by atoms with Gasteiger partial charge in [-0.05, 0) is 109 Å². The number of benzene rings is 1. The minimum atomic E-state index is -1.13. The molecule has 6 N–H and O–H groups in total. The first-order valence-corrected chi connectivity index (χ1v) is 17.0. The number of ether oxygens (including phenoxy) is 1. The fourth-order valence-corrected chi connectivity index (χ4v) is 11.8. The van der Waals surface area contributed by atoms with E-state index in [-0.39, 0.29) is 46.2 Å². The summed E-state index contributed by atoms with van der Waals surface area (Å²) in [5.74, 6) is -3.44. The summed E-state index contributed by atoms with van der Waals surface area (Å²) in [6, 6.07) is 2.04. The number of phenols is 3. The number of carbonyl (C=O) groups excluding carboxylic acids is 1. The molecule has 1 aromatic carbocycles. The van der Waals surface area contributed by atoms with E-state index in [4.69, 9.17) is 4.74 Å². The number of allylic oxidation sites excluding steroid dienone is 2. The van der Waals surface area contributed by atoms with Crippen LogP contribution in [-0.4, -0.2) is 61.4 Å². The molecule has 0 radical (unpaired) electrons. The average molecular weight is 641 g/mol. The van der Waals surface area contributed by atoms with Gasteiger partial charge in [0, 0.05) is 5.41 Å². The Morgan fingerprint density at radius 3 is 2.13 bits per heavy atom. The van der Waals surface area contributed by atoms with Crippen molar-refractivity contribution in [3.8, 4) is 17.2 Å². The zero-order valence-corrected chi connectivity index (χ0v) is 28.1. The summed E-state index contributed by atoms with van der Waals surface area (Å²) in [5, 5.41) is 63.0. The van der Waals surface area contributed by atoms with E-state index in [0.717, 1.165) is 50.7 Å². The number of carboxylic acid groups (broad SMARTS) is 1. The lowest BCUT2D eigenvalue weighted by Crippen LogP contribution is -2.68. The van der Waals surface area contributed by atoms with E-state index < -0.39 is 57.6 Å². The summed E-state index contributed by atoms with van der Waals surface area (Å²) in [4.78, 5) is 26.0. The molecule has 9 heteroatoms. The number of aliphatic carboxylic acids is 1. The lowest BCUT2D eigenvalue weighted by Gasteiger charge is -2.71. The monoisotopic (exact) mass is 640 g/mol. The highest BCUT2D eigenvalue weighted by Gasteiger charge is 2.70. The molecule has 6 rings (SSSR count). The number of esters is 1. The number of phenolic OH excluding ortho intramolecular Hbond substituents is 3. The molecule has 46 heavy (non-hydrogen) atoms. The van der Waals surface area contributed by atoms with Gasteiger partial charge in [0.2, 0.25) is 0 Å². The van der Waals surface area contributed by atoms with Crippen molar-refractivity contribution in [1.82, 2.24) is 0 Å². The first kappa shape index (κ1) is 33.1. The minimum absolute atomic E-state index is 0.00183. The summed E-state index contributed by atoms with van der Waals surface area (Å²) in [6.45, 7) is 13.2. The molecule has 5 aliphatic carbocycles. The van der Waals surface area contributed by atoms with Gasteiger partial charge in [-0.25, -0.2) is 4.79 Å². The third-order valence-corrected chi connectivity index (χ3v) is 14.6. The van der Waals surface area contributed by atoms with Crippen LogP contribution in [-0.2, 0) is 9.53 Å². The number of hydrogen-bond donors (Lipinski definition) is 6. The topological polar surface area (TPSA) is 165 Å². The Bertz CT molecular complexity index is 1460. The predicted octanol–water partition coefficient (Wildman–Crippen LogP) is 6.16. The molecule has 0 aromatic heterocycles. The molecule has 9 nitrogen and oxygen atoms in total. The Kier molecular flexibility index (Phi) is 7.46. The molecule has 0 spiro atoms. The Labute approximate surface area is 271 Å². The van der Waals surface area contributed by atoms with Gasteiger partial charge < -0.3 is 35.4 Å². The highest BCUT2D eigenvalue weighted by atomic mass is 16.5. The van der Waals surface area contributed by atoms with Crippen LogP contribution in [0.3, 0.4) is 0 Å². The van der Waals surface area contributed by atoms with Gasteiger partial charge in [0.25, 0.3) is 0 Å². The maximum Gasteiger partial charge on any atom is 0.338 e. The molecule has 0 bridgehead atoms. The Morgan fingerprint density at radius 1 is 0.870 bits per heavy atom. The van der Waals surface area contributed by atoms with Gasteiger partial charge in [-0.2, -0.15) is 0 Å². The Morgan fingerprint density at radius 2 is 1.50 bits per heavy atom. The van der Waals surface area contributed by atoms with Gasteiger partial charge >= 0.3 is 11.9 Å². The smallest absolute Gasteiger partial charge is 0.338 e. The zero-order valence-electron chi connectivity index (χ0n) is 28.1. The van der Waals surface area contributed by atoms with Gasteiger partial charge in [-0.15, -0.1) is 0 Å². The third-order valence-electron chi connectivity index (χ3n) is 14.6. The first-order chi connectivity index (χ1) is 21.3. The molecule has 0 unspecified atom stereocenters. The highest BCUT2D eigenvalue weighted by Crippen LogP contribution is 2.75. The normalized spacial score (nSPS) is 44.4. The molecule has 5 aliphatic rings. The van der Waals surface area contributed by atoms with E-state index in [1.54, 1.807) is 0 Å². The van der Waals surface area contributed by atoms with Gasteiger partial charge in [0.1, 0.15) is 0 Å². The molecular formula is C37H52O9. The number of aromatic hydroxyl groups is 3. The summed E-state index contributed by atoms with van der Waals surface area (Å²) >= 11 is 0. The van der Waals surface area contributed by atoms with Crippen LogP contribution in [0.2, 0.25) is 0 Å². The quantitative estimate of drug-likeness (QED) is 0.128. The highest BCUT2D eigenvalue weighted by molar-refractivity contribution is 5.91. The standard InChI is InChI=1S/C37H52O9/c1-32(2)11-13-37(31(44)45)14-12-35(5)21(22(37)17-32)7-8-27-33(3)18-25(40)29(42)34(4,26(33)9-10-36(27,35)6)19-46-30(43)20-15-23(38)28(41)24(39)16-20/h7,15-16,22,25-27,29,38-42H,8-14,17-19H2,1-6H3,(H,44,45)/t22-,25+,26+,27+,29-,33-,34-,35+,36+,37-/m0/s1. The molecule has 4 saturated carbocycles. The fraction of sp³-hybridized carbons (Fsp3) is 0.730. The van der Waals surface area contributed by atoms with Crippen molar-refractivity contribution in [2.45, 2.75) is 112 Å². The Balaban J connectivity index is 1.34. The van der Waals surface area contributed by atoms with E-state index in [9.17, 15) is 40.2 Å². The second-order valence-corrected chi connectivity index (χ2v) is 17.3. The van der Waals surface area contributed by atoms with E-state index in [1.807, 2.05) is 6.92 Å². The van der Waals surface area contributed by atoms with E-state index >= 15 is 0 Å². The third kappa shape index (κ3) is 4.39. The summed E-state index contributed by atoms with van der Waals surface area (Å²) in [6.07, 6.45) is 6.97. The van der Waals surface area contributed by atoms with Gasteiger partial charge in [0.15, 0.2) is 17.2 Å². The number of carboxylic acids is 1. The van der Waals surface area contributed by atoms with Crippen molar-refractivity contribution in [2.75, 3.05) is 6.61 Å². The molecule has 0 heterocycles. The largest absolute Gasteiger partial charge is 0.504 e. The maximum atomic E-state index is 13.1. The summed E-state index contributed by atoms with van der Waals surface area (Å²) < 4.78 is 5.73. The number of aliphatic hydroxyl groups is 2. The number of aliphatic hydroxyl groups excluding tert-OH is 2. The number of rotatable bonds is 4. The van der Waals surface area contributed by atoms with Crippen molar-refractivity contribution >= 4 is 11.9 Å².